The van der Waals surface area contributed by atoms with E-state index in [0.29, 0.717) is 0 Å². The number of benzene rings is 2. The zero-order valence-corrected chi connectivity index (χ0v) is 14.4. The lowest BCUT2D eigenvalue weighted by Gasteiger charge is -2.28. The minimum Gasteiger partial charge on any atom is -0.378 e. The molecule has 1 N–H and O–H groups in total. The van der Waals surface area contributed by atoms with Gasteiger partial charge in [-0.2, -0.15) is 5.10 Å². The van der Waals surface area contributed by atoms with Gasteiger partial charge in [-0.15, -0.1) is 0 Å². The molecule has 0 atom stereocenters. The van der Waals surface area contributed by atoms with Gasteiger partial charge in [0.2, 0.25) is 0 Å². The number of halogens is 1. The van der Waals surface area contributed by atoms with Crippen LogP contribution in [0.15, 0.2) is 53.6 Å². The first-order chi connectivity index (χ1) is 10.8. The normalized spacial score (nSPS) is 15.2. The standard InChI is InChI=1S/C17H18IN3O/c18-15-3-5-16(6-4-15)20-19-13-14-1-7-17(8-2-14)21-9-11-22-12-10-21/h1-8,13,20H,9-12H2/b19-13+. The molecule has 0 spiro atoms. The van der Waals surface area contributed by atoms with Gasteiger partial charge in [0.05, 0.1) is 25.1 Å². The van der Waals surface area contributed by atoms with Gasteiger partial charge in [-0.25, -0.2) is 0 Å². The topological polar surface area (TPSA) is 36.9 Å². The molecule has 0 aliphatic carbocycles. The summed E-state index contributed by atoms with van der Waals surface area (Å²) in [5.74, 6) is 0. The van der Waals surface area contributed by atoms with Crippen molar-refractivity contribution in [2.75, 3.05) is 36.6 Å². The minimum absolute atomic E-state index is 0.809. The van der Waals surface area contributed by atoms with Gasteiger partial charge in [0.1, 0.15) is 0 Å². The fourth-order valence-electron chi connectivity index (χ4n) is 2.30. The molecule has 0 unspecified atom stereocenters. The lowest BCUT2D eigenvalue weighted by atomic mass is 10.2. The number of hydrogen-bond acceptors (Lipinski definition) is 4. The molecule has 3 rings (SSSR count). The van der Waals surface area contributed by atoms with Crippen molar-refractivity contribution in [1.29, 1.82) is 0 Å². The Hall–Kier alpha value is -1.60. The first-order valence-electron chi connectivity index (χ1n) is 7.29. The van der Waals surface area contributed by atoms with E-state index in [9.17, 15) is 0 Å². The second-order valence-electron chi connectivity index (χ2n) is 5.07. The lowest BCUT2D eigenvalue weighted by Crippen LogP contribution is -2.36. The number of hydrazone groups is 1. The summed E-state index contributed by atoms with van der Waals surface area (Å²) in [4.78, 5) is 2.34. The Labute approximate surface area is 144 Å². The highest BCUT2D eigenvalue weighted by Gasteiger charge is 2.10. The van der Waals surface area contributed by atoms with E-state index in [0.717, 1.165) is 37.6 Å². The van der Waals surface area contributed by atoms with E-state index in [1.807, 2.05) is 18.3 Å². The Kier molecular flexibility index (Phi) is 5.29. The molecule has 1 heterocycles. The summed E-state index contributed by atoms with van der Waals surface area (Å²) in [7, 11) is 0. The number of nitrogens with zero attached hydrogens (tertiary/aromatic N) is 2. The molecule has 1 aliphatic rings. The highest BCUT2D eigenvalue weighted by Crippen LogP contribution is 2.16. The number of rotatable bonds is 4. The van der Waals surface area contributed by atoms with Crippen LogP contribution in [0.2, 0.25) is 0 Å². The van der Waals surface area contributed by atoms with Gasteiger partial charge in [0, 0.05) is 22.3 Å². The van der Waals surface area contributed by atoms with E-state index in [1.54, 1.807) is 0 Å². The van der Waals surface area contributed by atoms with Crippen molar-refractivity contribution in [2.45, 2.75) is 0 Å². The monoisotopic (exact) mass is 407 g/mol. The molecule has 2 aromatic carbocycles. The quantitative estimate of drug-likeness (QED) is 0.479. The Bertz CT molecular complexity index is 619. The van der Waals surface area contributed by atoms with Crippen LogP contribution in [-0.2, 0) is 4.74 Å². The van der Waals surface area contributed by atoms with Gasteiger partial charge >= 0.3 is 0 Å². The van der Waals surface area contributed by atoms with Crippen LogP contribution in [-0.4, -0.2) is 32.5 Å². The molecule has 0 aromatic heterocycles. The van der Waals surface area contributed by atoms with Gasteiger partial charge in [0.15, 0.2) is 0 Å². The van der Waals surface area contributed by atoms with E-state index < -0.39 is 0 Å². The van der Waals surface area contributed by atoms with Crippen LogP contribution >= 0.6 is 22.6 Å². The van der Waals surface area contributed by atoms with Crippen molar-refractivity contribution in [2.24, 2.45) is 5.10 Å². The third kappa shape index (κ3) is 4.20. The van der Waals surface area contributed by atoms with Crippen LogP contribution in [0.3, 0.4) is 0 Å². The summed E-state index contributed by atoms with van der Waals surface area (Å²) >= 11 is 2.29. The number of hydrogen-bond donors (Lipinski definition) is 1. The van der Waals surface area contributed by atoms with Crippen LogP contribution in [0.4, 0.5) is 11.4 Å². The average molecular weight is 407 g/mol. The average Bonchev–Trinajstić information content (AvgIpc) is 2.58. The fourth-order valence-corrected chi connectivity index (χ4v) is 2.66. The molecule has 0 bridgehead atoms. The smallest absolute Gasteiger partial charge is 0.0642 e. The summed E-state index contributed by atoms with van der Waals surface area (Å²) in [6.07, 6.45) is 1.83. The van der Waals surface area contributed by atoms with Gasteiger partial charge in [0.25, 0.3) is 0 Å². The van der Waals surface area contributed by atoms with Crippen LogP contribution in [0.5, 0.6) is 0 Å². The fraction of sp³-hybridized carbons (Fsp3) is 0.235. The summed E-state index contributed by atoms with van der Waals surface area (Å²) in [5.41, 5.74) is 6.35. The maximum absolute atomic E-state index is 5.38. The van der Waals surface area contributed by atoms with Crippen LogP contribution in [0.25, 0.3) is 0 Å². The van der Waals surface area contributed by atoms with E-state index in [-0.39, 0.29) is 0 Å². The molecule has 0 amide bonds. The third-order valence-corrected chi connectivity index (χ3v) is 4.24. The van der Waals surface area contributed by atoms with Crippen molar-refractivity contribution < 1.29 is 4.74 Å². The second-order valence-corrected chi connectivity index (χ2v) is 6.31. The SMILES string of the molecule is Ic1ccc(N/N=C/c2ccc(N3CCOCC3)cc2)cc1. The molecule has 5 heteroatoms. The van der Waals surface area contributed by atoms with Crippen molar-refractivity contribution >= 4 is 40.2 Å². The van der Waals surface area contributed by atoms with E-state index in [1.165, 1.54) is 9.26 Å². The van der Waals surface area contributed by atoms with E-state index in [2.05, 4.69) is 74.4 Å². The molecule has 4 nitrogen and oxygen atoms in total. The van der Waals surface area contributed by atoms with E-state index >= 15 is 0 Å². The van der Waals surface area contributed by atoms with Crippen molar-refractivity contribution in [3.05, 3.63) is 57.7 Å². The zero-order chi connectivity index (χ0) is 15.2. The largest absolute Gasteiger partial charge is 0.378 e. The highest BCUT2D eigenvalue weighted by atomic mass is 127. The van der Waals surface area contributed by atoms with Crippen molar-refractivity contribution in [1.82, 2.24) is 0 Å². The molecule has 0 radical (unpaired) electrons. The van der Waals surface area contributed by atoms with Gasteiger partial charge in [-0.1, -0.05) is 12.1 Å². The van der Waals surface area contributed by atoms with Crippen LogP contribution in [0.1, 0.15) is 5.56 Å². The first kappa shape index (κ1) is 15.3. The Morgan fingerprint density at radius 2 is 1.68 bits per heavy atom. The van der Waals surface area contributed by atoms with Gasteiger partial charge in [-0.05, 0) is 64.6 Å². The van der Waals surface area contributed by atoms with Crippen molar-refractivity contribution in [3.8, 4) is 0 Å². The first-order valence-corrected chi connectivity index (χ1v) is 8.36. The number of morpholine rings is 1. The summed E-state index contributed by atoms with van der Waals surface area (Å²) in [6.45, 7) is 3.54. The van der Waals surface area contributed by atoms with E-state index in [4.69, 9.17) is 4.74 Å². The van der Waals surface area contributed by atoms with Gasteiger partial charge < -0.3 is 9.64 Å². The number of nitrogens with one attached hydrogen (secondary N) is 1. The van der Waals surface area contributed by atoms with Crippen LogP contribution in [0, 0.1) is 3.57 Å². The molecule has 1 saturated heterocycles. The summed E-state index contributed by atoms with van der Waals surface area (Å²) in [5, 5.41) is 4.27. The molecular weight excluding hydrogens is 389 g/mol. The zero-order valence-electron chi connectivity index (χ0n) is 12.2. The summed E-state index contributed by atoms with van der Waals surface area (Å²) in [6, 6.07) is 16.6. The number of anilines is 2. The third-order valence-electron chi connectivity index (χ3n) is 3.52. The Balaban J connectivity index is 1.58. The molecule has 2 aromatic rings. The molecular formula is C17H18IN3O. The van der Waals surface area contributed by atoms with Crippen molar-refractivity contribution in [3.63, 3.8) is 0 Å². The second kappa shape index (κ2) is 7.60. The predicted octanol–water partition coefficient (Wildman–Crippen LogP) is 3.57. The van der Waals surface area contributed by atoms with Crippen LogP contribution < -0.4 is 10.3 Å². The Morgan fingerprint density at radius 3 is 2.36 bits per heavy atom. The minimum atomic E-state index is 0.809. The summed E-state index contributed by atoms with van der Waals surface area (Å²) < 4.78 is 6.59. The molecule has 1 aliphatic heterocycles. The Morgan fingerprint density at radius 1 is 1.00 bits per heavy atom. The molecule has 114 valence electrons. The molecule has 1 fully saturated rings. The lowest BCUT2D eigenvalue weighted by molar-refractivity contribution is 0.122. The molecule has 0 saturated carbocycles. The highest BCUT2D eigenvalue weighted by molar-refractivity contribution is 14.1. The molecule has 22 heavy (non-hydrogen) atoms. The maximum Gasteiger partial charge on any atom is 0.0642 e. The number of ether oxygens (including phenoxy) is 1. The maximum atomic E-state index is 5.38. The predicted molar refractivity (Wildman–Crippen MR) is 99.8 cm³/mol. The van der Waals surface area contributed by atoms with Gasteiger partial charge in [-0.3, -0.25) is 5.43 Å².